The van der Waals surface area contributed by atoms with Crippen molar-refractivity contribution in [2.45, 2.75) is 34.6 Å². The molecule has 0 amide bonds. The van der Waals surface area contributed by atoms with E-state index >= 15 is 0 Å². The topological polar surface area (TPSA) is 15.3 Å². The number of nitrogens with zero attached hydrogens (tertiary/aromatic N) is 1. The molecule has 11 rings (SSSR count). The number of nitrogens with one attached hydrogen (secondary N) is 1. The molecule has 0 saturated heterocycles. The number of anilines is 4. The number of allylic oxidation sites excluding steroid dienone is 6. The highest BCUT2D eigenvalue weighted by molar-refractivity contribution is 6.43. The van der Waals surface area contributed by atoms with Gasteiger partial charge in [0.2, 0.25) is 0 Å². The van der Waals surface area contributed by atoms with Crippen LogP contribution >= 0.6 is 0 Å². The maximum absolute atomic E-state index is 3.68. The van der Waals surface area contributed by atoms with Gasteiger partial charge in [0, 0.05) is 33.9 Å². The van der Waals surface area contributed by atoms with Gasteiger partial charge in [-0.05, 0) is 159 Å². The van der Waals surface area contributed by atoms with E-state index in [0.29, 0.717) is 0 Å². The maximum atomic E-state index is 3.68. The predicted octanol–water partition coefficient (Wildman–Crippen LogP) is 18.3. The first kappa shape index (κ1) is 43.1. The van der Waals surface area contributed by atoms with Gasteiger partial charge in [-0.1, -0.05) is 198 Å². The molecule has 0 spiro atoms. The van der Waals surface area contributed by atoms with Crippen LogP contribution in [0, 0.1) is 20.8 Å². The summed E-state index contributed by atoms with van der Waals surface area (Å²) in [6.45, 7) is 10.6. The van der Waals surface area contributed by atoms with Crippen LogP contribution in [0.5, 0.6) is 0 Å². The molecule has 69 heavy (non-hydrogen) atoms. The molecule has 0 aliphatic heterocycles. The van der Waals surface area contributed by atoms with Gasteiger partial charge >= 0.3 is 0 Å². The van der Waals surface area contributed by atoms with Crippen molar-refractivity contribution in [1.82, 2.24) is 0 Å². The Labute approximate surface area is 405 Å². The lowest BCUT2D eigenvalue weighted by atomic mass is 9.88. The summed E-state index contributed by atoms with van der Waals surface area (Å²) in [6.07, 6.45) is 17.1. The minimum absolute atomic E-state index is 1.05. The molecule has 0 unspecified atom stereocenters. The monoisotopic (exact) mass is 886 g/mol. The minimum atomic E-state index is 1.05. The molecule has 0 fully saturated rings. The first-order valence-electron chi connectivity index (χ1n) is 24.0. The van der Waals surface area contributed by atoms with Gasteiger partial charge in [-0.15, -0.1) is 0 Å². The first-order valence-corrected chi connectivity index (χ1v) is 24.0. The van der Waals surface area contributed by atoms with Gasteiger partial charge in [-0.2, -0.15) is 0 Å². The lowest BCUT2D eigenvalue weighted by Crippen LogP contribution is -2.10. The molecule has 0 aliphatic carbocycles. The fourth-order valence-corrected chi connectivity index (χ4v) is 10.3. The molecular weight excluding hydrogens is 833 g/mol. The van der Waals surface area contributed by atoms with E-state index in [1.165, 1.54) is 104 Å². The average Bonchev–Trinajstić information content (AvgIpc) is 3.93. The molecule has 0 heterocycles. The van der Waals surface area contributed by atoms with Gasteiger partial charge < -0.3 is 10.2 Å². The van der Waals surface area contributed by atoms with Crippen LogP contribution in [0.3, 0.4) is 0 Å². The maximum Gasteiger partial charge on any atom is 0.0540 e. The van der Waals surface area contributed by atoms with Crippen LogP contribution < -0.4 is 15.4 Å². The molecule has 0 atom stereocenters. The van der Waals surface area contributed by atoms with Gasteiger partial charge in [-0.3, -0.25) is 0 Å². The van der Waals surface area contributed by atoms with Crippen molar-refractivity contribution in [3.63, 3.8) is 0 Å². The predicted molar refractivity (Wildman–Crippen MR) is 301 cm³/mol. The Morgan fingerprint density at radius 3 is 1.71 bits per heavy atom. The van der Waals surface area contributed by atoms with Crippen LogP contribution in [0.2, 0.25) is 0 Å². The van der Waals surface area contributed by atoms with Crippen LogP contribution in [0.15, 0.2) is 224 Å². The standard InChI is InChI=1S/C67H54N2/c1-6-7-21-53-58-43-59-62(49-17-10-8-11-18-49)66-57-39-41-61(69(51-34-27-46(4)28-35-51)52-36-29-47(5)30-37-52)55-22-14-23-56(64(55)57)67(66)63(50-19-12-9-13-20-50)65(59)54(58)38-40-60(53)68-42-15-16-44(2)24-31-48-32-25-45(3)26-33-48/h6-43,68H,1-5H3/b7-6-,31-24-,42-15+,44-16-,53-21+. The second-order valence-electron chi connectivity index (χ2n) is 18.4. The summed E-state index contributed by atoms with van der Waals surface area (Å²) in [7, 11) is 0. The molecular formula is C67H54N2. The van der Waals surface area contributed by atoms with E-state index in [-0.39, 0.29) is 0 Å². The van der Waals surface area contributed by atoms with E-state index in [4.69, 9.17) is 0 Å². The molecule has 0 aromatic heterocycles. The summed E-state index contributed by atoms with van der Waals surface area (Å²) >= 11 is 0. The number of hydrogen-bond acceptors (Lipinski definition) is 2. The zero-order valence-electron chi connectivity index (χ0n) is 39.9. The van der Waals surface area contributed by atoms with Gasteiger partial charge in [-0.25, -0.2) is 0 Å². The number of hydrogen-bond donors (Lipinski definition) is 1. The van der Waals surface area contributed by atoms with Crippen LogP contribution in [0.25, 0.3) is 88.3 Å². The van der Waals surface area contributed by atoms with Crippen molar-refractivity contribution in [3.05, 3.63) is 252 Å². The Morgan fingerprint density at radius 1 is 0.478 bits per heavy atom. The summed E-state index contributed by atoms with van der Waals surface area (Å²) in [4.78, 5) is 2.43. The number of rotatable bonds is 11. The second-order valence-corrected chi connectivity index (χ2v) is 18.4. The van der Waals surface area contributed by atoms with E-state index in [1.54, 1.807) is 0 Å². The van der Waals surface area contributed by atoms with Crippen LogP contribution in [0.1, 0.15) is 36.1 Å². The molecule has 0 saturated carbocycles. The van der Waals surface area contributed by atoms with E-state index < -0.39 is 0 Å². The third-order valence-corrected chi connectivity index (χ3v) is 13.7. The first-order chi connectivity index (χ1) is 33.9. The number of benzene rings is 9. The third kappa shape index (κ3) is 7.94. The highest BCUT2D eigenvalue weighted by Crippen LogP contribution is 2.54. The SMILES string of the molecule is C/C=C\C=c1\c(N/C=C/C=C(C)\C=C/c2ccc(C)cc2)ccc2c1cc1c(-c3ccccc3)c3c4ccc(N(c5ccc(C)cc5)c5ccc(C)cc5)c5cccc(c3c(-c3ccccc3)c12)c54. The highest BCUT2D eigenvalue weighted by Gasteiger charge is 2.27. The van der Waals surface area contributed by atoms with Crippen molar-refractivity contribution in [3.8, 4) is 22.3 Å². The Kier molecular flexibility index (Phi) is 11.5. The van der Waals surface area contributed by atoms with E-state index in [9.17, 15) is 0 Å². The fraction of sp³-hybridized carbons (Fsp3) is 0.0746. The summed E-state index contributed by atoms with van der Waals surface area (Å²) in [5.41, 5.74) is 15.5. The molecule has 11 aromatic rings. The van der Waals surface area contributed by atoms with Crippen molar-refractivity contribution < 1.29 is 0 Å². The zero-order valence-corrected chi connectivity index (χ0v) is 39.9. The lowest BCUT2D eigenvalue weighted by molar-refractivity contribution is 1.28. The van der Waals surface area contributed by atoms with Crippen molar-refractivity contribution in [2.75, 3.05) is 10.2 Å². The Hall–Kier alpha value is -8.46. The van der Waals surface area contributed by atoms with Gasteiger partial charge in [0.25, 0.3) is 0 Å². The Morgan fingerprint density at radius 2 is 1.06 bits per heavy atom. The molecule has 2 nitrogen and oxygen atoms in total. The quantitative estimate of drug-likeness (QED) is 0.130. The van der Waals surface area contributed by atoms with Crippen molar-refractivity contribution >= 4 is 88.8 Å². The zero-order chi connectivity index (χ0) is 47.0. The van der Waals surface area contributed by atoms with Crippen molar-refractivity contribution in [1.29, 1.82) is 0 Å². The van der Waals surface area contributed by atoms with Gasteiger partial charge in [0.15, 0.2) is 0 Å². The van der Waals surface area contributed by atoms with E-state index in [2.05, 4.69) is 269 Å². The summed E-state index contributed by atoms with van der Waals surface area (Å²) in [5, 5.41) is 17.4. The average molecular weight is 887 g/mol. The highest BCUT2D eigenvalue weighted by atomic mass is 15.1. The summed E-state index contributed by atoms with van der Waals surface area (Å²) in [6, 6.07) is 67.3. The normalized spacial score (nSPS) is 12.7. The van der Waals surface area contributed by atoms with Crippen LogP contribution in [-0.4, -0.2) is 0 Å². The molecule has 2 heteroatoms. The molecule has 0 bridgehead atoms. The largest absolute Gasteiger partial charge is 0.361 e. The Balaban J connectivity index is 1.17. The summed E-state index contributed by atoms with van der Waals surface area (Å²) < 4.78 is 0. The lowest BCUT2D eigenvalue weighted by Gasteiger charge is -2.27. The summed E-state index contributed by atoms with van der Waals surface area (Å²) in [5.74, 6) is 0. The molecule has 332 valence electrons. The smallest absolute Gasteiger partial charge is 0.0540 e. The third-order valence-electron chi connectivity index (χ3n) is 13.7. The second kappa shape index (κ2) is 18.3. The van der Waals surface area contributed by atoms with Gasteiger partial charge in [0.1, 0.15) is 0 Å². The molecule has 1 N–H and O–H groups in total. The van der Waals surface area contributed by atoms with E-state index in [0.717, 1.165) is 28.0 Å². The minimum Gasteiger partial charge on any atom is -0.361 e. The molecule has 0 radical (unpaired) electrons. The Bertz CT molecular complexity index is 3810. The van der Waals surface area contributed by atoms with E-state index in [1.807, 2.05) is 6.20 Å². The van der Waals surface area contributed by atoms with Crippen molar-refractivity contribution in [2.24, 2.45) is 0 Å². The molecule has 11 aromatic carbocycles. The number of fused-ring (bicyclic) bond motifs is 6. The van der Waals surface area contributed by atoms with Crippen LogP contribution in [0.4, 0.5) is 22.7 Å². The molecule has 0 aliphatic rings. The van der Waals surface area contributed by atoms with Gasteiger partial charge in [0.05, 0.1) is 5.69 Å². The fourth-order valence-electron chi connectivity index (χ4n) is 10.3. The van der Waals surface area contributed by atoms with Crippen LogP contribution in [-0.2, 0) is 0 Å². The number of aryl methyl sites for hydroxylation is 3.